The monoisotopic (exact) mass is 292 g/mol. The summed E-state index contributed by atoms with van der Waals surface area (Å²) < 4.78 is 15.3. The predicted octanol–water partition coefficient (Wildman–Crippen LogP) is 1.96. The van der Waals surface area contributed by atoms with Crippen LogP contribution in [0.5, 0.6) is 0 Å². The van der Waals surface area contributed by atoms with E-state index in [0.29, 0.717) is 44.2 Å². The van der Waals surface area contributed by atoms with E-state index in [2.05, 4.69) is 4.98 Å². The number of hydrogen-bond donors (Lipinski definition) is 2. The number of carbonyl (C=O) groups is 1. The van der Waals surface area contributed by atoms with Crippen LogP contribution in [0.4, 0.5) is 5.69 Å². The van der Waals surface area contributed by atoms with Crippen LogP contribution in [0.1, 0.15) is 16.9 Å². The minimum absolute atomic E-state index is 0.323. The van der Waals surface area contributed by atoms with E-state index in [1.54, 1.807) is 19.2 Å². The Bertz CT molecular complexity index is 594. The van der Waals surface area contributed by atoms with Gasteiger partial charge in [-0.15, -0.1) is 0 Å². The number of H-pyrrole nitrogens is 1. The molecule has 0 spiro atoms. The Morgan fingerprint density at radius 3 is 2.86 bits per heavy atom. The van der Waals surface area contributed by atoms with Crippen molar-refractivity contribution < 1.29 is 19.0 Å². The van der Waals surface area contributed by atoms with Crippen molar-refractivity contribution in [3.8, 4) is 0 Å². The van der Waals surface area contributed by atoms with Gasteiger partial charge in [-0.3, -0.25) is 0 Å². The van der Waals surface area contributed by atoms with Crippen LogP contribution in [0, 0.1) is 0 Å². The number of aromatic amines is 1. The normalized spacial score (nSPS) is 10.9. The van der Waals surface area contributed by atoms with Crippen LogP contribution in [-0.2, 0) is 14.2 Å². The van der Waals surface area contributed by atoms with E-state index in [1.807, 2.05) is 12.1 Å². The number of nitrogens with two attached hydrogens (primary N) is 1. The van der Waals surface area contributed by atoms with Crippen molar-refractivity contribution in [3.05, 3.63) is 30.0 Å². The fourth-order valence-electron chi connectivity index (χ4n) is 1.91. The summed E-state index contributed by atoms with van der Waals surface area (Å²) in [5.41, 5.74) is 7.65. The van der Waals surface area contributed by atoms with E-state index < -0.39 is 0 Å². The van der Waals surface area contributed by atoms with Gasteiger partial charge in [0.25, 0.3) is 0 Å². The minimum atomic E-state index is -0.373. The molecule has 6 heteroatoms. The van der Waals surface area contributed by atoms with Gasteiger partial charge in [0.2, 0.25) is 0 Å². The van der Waals surface area contributed by atoms with E-state index >= 15 is 0 Å². The molecule has 3 N–H and O–H groups in total. The van der Waals surface area contributed by atoms with Crippen molar-refractivity contribution in [3.63, 3.8) is 0 Å². The summed E-state index contributed by atoms with van der Waals surface area (Å²) in [5.74, 6) is -0.373. The smallest absolute Gasteiger partial charge is 0.354 e. The van der Waals surface area contributed by atoms with Crippen LogP contribution in [-0.4, -0.2) is 44.5 Å². The lowest BCUT2D eigenvalue weighted by atomic mass is 10.2. The van der Waals surface area contributed by atoms with E-state index in [9.17, 15) is 4.79 Å². The summed E-state index contributed by atoms with van der Waals surface area (Å²) in [6, 6.07) is 7.17. The number of nitrogens with one attached hydrogen (secondary N) is 1. The summed E-state index contributed by atoms with van der Waals surface area (Å²) >= 11 is 0. The van der Waals surface area contributed by atoms with Crippen LogP contribution in [0.3, 0.4) is 0 Å². The van der Waals surface area contributed by atoms with Crippen molar-refractivity contribution in [2.45, 2.75) is 6.42 Å². The highest BCUT2D eigenvalue weighted by molar-refractivity contribution is 5.95. The second-order valence-corrected chi connectivity index (χ2v) is 4.62. The number of fused-ring (bicyclic) bond motifs is 1. The average molecular weight is 292 g/mol. The Morgan fingerprint density at radius 1 is 1.19 bits per heavy atom. The Morgan fingerprint density at radius 2 is 2.05 bits per heavy atom. The zero-order chi connectivity index (χ0) is 15.1. The van der Waals surface area contributed by atoms with Crippen molar-refractivity contribution in [1.29, 1.82) is 0 Å². The van der Waals surface area contributed by atoms with Crippen molar-refractivity contribution in [2.24, 2.45) is 0 Å². The number of nitrogen functional groups attached to an aromatic ring is 1. The molecular weight excluding hydrogens is 272 g/mol. The van der Waals surface area contributed by atoms with Crippen LogP contribution in [0.15, 0.2) is 24.3 Å². The average Bonchev–Trinajstić information content (AvgIpc) is 2.89. The molecule has 1 aromatic carbocycles. The number of carbonyl (C=O) groups excluding carboxylic acids is 1. The lowest BCUT2D eigenvalue weighted by Gasteiger charge is -2.04. The number of esters is 1. The lowest BCUT2D eigenvalue weighted by Crippen LogP contribution is -2.10. The number of ether oxygens (including phenoxy) is 3. The van der Waals surface area contributed by atoms with Gasteiger partial charge in [0.05, 0.1) is 19.8 Å². The third kappa shape index (κ3) is 4.47. The third-order valence-corrected chi connectivity index (χ3v) is 2.96. The highest BCUT2D eigenvalue weighted by Crippen LogP contribution is 2.18. The molecule has 1 aromatic heterocycles. The molecule has 0 saturated heterocycles. The molecule has 2 rings (SSSR count). The molecule has 0 atom stereocenters. The summed E-state index contributed by atoms with van der Waals surface area (Å²) in [6.07, 6.45) is 0.655. The van der Waals surface area contributed by atoms with Gasteiger partial charge < -0.3 is 24.9 Å². The Balaban J connectivity index is 1.77. The molecule has 0 aliphatic carbocycles. The minimum Gasteiger partial charge on any atom is -0.461 e. The summed E-state index contributed by atoms with van der Waals surface area (Å²) in [5, 5.41) is 0.893. The first-order chi connectivity index (χ1) is 10.2. The number of anilines is 1. The molecule has 0 saturated carbocycles. The van der Waals surface area contributed by atoms with Crippen LogP contribution in [0.2, 0.25) is 0 Å². The highest BCUT2D eigenvalue weighted by Gasteiger charge is 2.10. The zero-order valence-electron chi connectivity index (χ0n) is 12.1. The number of aromatic nitrogens is 1. The number of methoxy groups -OCH3 is 1. The topological polar surface area (TPSA) is 86.6 Å². The molecule has 6 nitrogen and oxygen atoms in total. The predicted molar refractivity (Wildman–Crippen MR) is 80.3 cm³/mol. The molecule has 2 aromatic rings. The Kier molecular flexibility index (Phi) is 5.59. The van der Waals surface area contributed by atoms with Crippen molar-refractivity contribution >= 4 is 22.6 Å². The fraction of sp³-hybridized carbons (Fsp3) is 0.400. The standard InChI is InChI=1S/C15H20N2O4/c1-19-7-8-20-5-2-6-21-15(18)14-10-11-9-12(16)3-4-13(11)17-14/h3-4,9-10,17H,2,5-8,16H2,1H3. The van der Waals surface area contributed by atoms with Crippen LogP contribution >= 0.6 is 0 Å². The fourth-order valence-corrected chi connectivity index (χ4v) is 1.91. The first-order valence-electron chi connectivity index (χ1n) is 6.83. The van der Waals surface area contributed by atoms with Gasteiger partial charge in [0, 0.05) is 36.7 Å². The number of hydrogen-bond acceptors (Lipinski definition) is 5. The molecule has 0 unspecified atom stereocenters. The Hall–Kier alpha value is -2.05. The molecule has 21 heavy (non-hydrogen) atoms. The maximum Gasteiger partial charge on any atom is 0.354 e. The molecule has 0 bridgehead atoms. The molecule has 1 heterocycles. The SMILES string of the molecule is COCCOCCCOC(=O)c1cc2cc(N)ccc2[nH]1. The third-order valence-electron chi connectivity index (χ3n) is 2.96. The van der Waals surface area contributed by atoms with E-state index in [4.69, 9.17) is 19.9 Å². The molecule has 0 aliphatic heterocycles. The molecule has 0 fully saturated rings. The van der Waals surface area contributed by atoms with Gasteiger partial charge >= 0.3 is 5.97 Å². The van der Waals surface area contributed by atoms with E-state index in [0.717, 1.165) is 10.9 Å². The van der Waals surface area contributed by atoms with Crippen molar-refractivity contribution in [1.82, 2.24) is 4.98 Å². The summed E-state index contributed by atoms with van der Waals surface area (Å²) in [4.78, 5) is 14.9. The zero-order valence-corrected chi connectivity index (χ0v) is 12.1. The van der Waals surface area contributed by atoms with Crippen LogP contribution in [0.25, 0.3) is 10.9 Å². The van der Waals surface area contributed by atoms with Gasteiger partial charge in [-0.25, -0.2) is 4.79 Å². The maximum absolute atomic E-state index is 11.9. The van der Waals surface area contributed by atoms with Gasteiger partial charge in [-0.05, 0) is 24.3 Å². The molecule has 114 valence electrons. The van der Waals surface area contributed by atoms with E-state index in [-0.39, 0.29) is 5.97 Å². The second kappa shape index (κ2) is 7.66. The van der Waals surface area contributed by atoms with Gasteiger partial charge in [0.1, 0.15) is 5.69 Å². The van der Waals surface area contributed by atoms with Gasteiger partial charge in [0.15, 0.2) is 0 Å². The maximum atomic E-state index is 11.9. The molecule has 0 radical (unpaired) electrons. The van der Waals surface area contributed by atoms with E-state index in [1.165, 1.54) is 0 Å². The van der Waals surface area contributed by atoms with Crippen molar-refractivity contribution in [2.75, 3.05) is 39.3 Å². The highest BCUT2D eigenvalue weighted by atomic mass is 16.5. The number of benzene rings is 1. The summed E-state index contributed by atoms with van der Waals surface area (Å²) in [6.45, 7) is 1.98. The van der Waals surface area contributed by atoms with Gasteiger partial charge in [-0.1, -0.05) is 0 Å². The molecule has 0 aliphatic rings. The quantitative estimate of drug-likeness (QED) is 0.441. The first kappa shape index (κ1) is 15.3. The largest absolute Gasteiger partial charge is 0.461 e. The molecule has 0 amide bonds. The lowest BCUT2D eigenvalue weighted by molar-refractivity contribution is 0.0381. The second-order valence-electron chi connectivity index (χ2n) is 4.62. The first-order valence-corrected chi connectivity index (χ1v) is 6.83. The van der Waals surface area contributed by atoms with Crippen LogP contribution < -0.4 is 5.73 Å². The number of rotatable bonds is 8. The molecular formula is C15H20N2O4. The summed E-state index contributed by atoms with van der Waals surface area (Å²) in [7, 11) is 1.62. The van der Waals surface area contributed by atoms with Gasteiger partial charge in [-0.2, -0.15) is 0 Å². The Labute approximate surface area is 123 Å².